The molecular formula is C9H12ClF3N2O. The Morgan fingerprint density at radius 2 is 2.06 bits per heavy atom. The molecule has 0 aliphatic carbocycles. The highest BCUT2D eigenvalue weighted by molar-refractivity contribution is 6.30. The lowest BCUT2D eigenvalue weighted by atomic mass is 10.2. The molecule has 0 radical (unpaired) electrons. The Kier molecular flexibility index (Phi) is 3.85. The summed E-state index contributed by atoms with van der Waals surface area (Å²) in [6.45, 7) is 2.75. The van der Waals surface area contributed by atoms with Crippen molar-refractivity contribution in [3.63, 3.8) is 0 Å². The molecule has 0 aliphatic heterocycles. The lowest BCUT2D eigenvalue weighted by molar-refractivity contribution is -0.142. The van der Waals surface area contributed by atoms with E-state index >= 15 is 0 Å². The van der Waals surface area contributed by atoms with E-state index < -0.39 is 18.5 Å². The van der Waals surface area contributed by atoms with Crippen molar-refractivity contribution in [3.8, 4) is 0 Å². The van der Waals surface area contributed by atoms with Gasteiger partial charge in [-0.3, -0.25) is 4.68 Å². The first-order valence-corrected chi connectivity index (χ1v) is 5.15. The molecule has 0 aromatic carbocycles. The SMILES string of the molecule is CCC(C)n1nc(C(F)(F)F)c(CO)c1Cl. The summed E-state index contributed by atoms with van der Waals surface area (Å²) in [7, 11) is 0. The molecule has 0 fully saturated rings. The molecule has 0 saturated carbocycles. The van der Waals surface area contributed by atoms with Gasteiger partial charge in [0.25, 0.3) is 0 Å². The maximum atomic E-state index is 12.6. The summed E-state index contributed by atoms with van der Waals surface area (Å²) in [5, 5.41) is 12.2. The Hall–Kier alpha value is -0.750. The van der Waals surface area contributed by atoms with E-state index in [1.807, 2.05) is 6.92 Å². The van der Waals surface area contributed by atoms with Crippen molar-refractivity contribution < 1.29 is 18.3 Å². The fourth-order valence-electron chi connectivity index (χ4n) is 1.28. The standard InChI is InChI=1S/C9H12ClF3N2O/c1-3-5(2)15-8(10)6(4-16)7(14-15)9(11,12)13/h5,16H,3-4H2,1-2H3. The van der Waals surface area contributed by atoms with Gasteiger partial charge in [0.2, 0.25) is 0 Å². The zero-order valence-electron chi connectivity index (χ0n) is 8.85. The summed E-state index contributed by atoms with van der Waals surface area (Å²) < 4.78 is 38.7. The second kappa shape index (κ2) is 4.63. The number of hydrogen-bond donors (Lipinski definition) is 1. The quantitative estimate of drug-likeness (QED) is 0.903. The van der Waals surface area contributed by atoms with Gasteiger partial charge in [0.05, 0.1) is 12.6 Å². The fourth-order valence-corrected chi connectivity index (χ4v) is 1.63. The van der Waals surface area contributed by atoms with Crippen LogP contribution in [0, 0.1) is 0 Å². The van der Waals surface area contributed by atoms with Gasteiger partial charge < -0.3 is 5.11 Å². The molecule has 3 nitrogen and oxygen atoms in total. The monoisotopic (exact) mass is 256 g/mol. The molecule has 92 valence electrons. The summed E-state index contributed by atoms with van der Waals surface area (Å²) in [4.78, 5) is 0. The second-order valence-corrected chi connectivity index (χ2v) is 3.83. The first-order chi connectivity index (χ1) is 7.32. The van der Waals surface area contributed by atoms with E-state index in [1.54, 1.807) is 6.92 Å². The van der Waals surface area contributed by atoms with Crippen molar-refractivity contribution in [2.45, 2.75) is 39.1 Å². The Bertz CT molecular complexity index is 376. The first kappa shape index (κ1) is 13.3. The van der Waals surface area contributed by atoms with Gasteiger partial charge in [-0.2, -0.15) is 18.3 Å². The number of halogens is 4. The average Bonchev–Trinajstić information content (AvgIpc) is 2.53. The molecule has 1 rings (SSSR count). The molecule has 1 atom stereocenters. The van der Waals surface area contributed by atoms with Crippen molar-refractivity contribution in [2.24, 2.45) is 0 Å². The van der Waals surface area contributed by atoms with Crippen LogP contribution in [0.1, 0.15) is 37.6 Å². The van der Waals surface area contributed by atoms with Gasteiger partial charge in [-0.05, 0) is 13.3 Å². The number of aromatic nitrogens is 2. The van der Waals surface area contributed by atoms with E-state index in [0.29, 0.717) is 6.42 Å². The fraction of sp³-hybridized carbons (Fsp3) is 0.667. The smallest absolute Gasteiger partial charge is 0.391 e. The third-order valence-corrected chi connectivity index (χ3v) is 2.78. The maximum Gasteiger partial charge on any atom is 0.435 e. The van der Waals surface area contributed by atoms with Gasteiger partial charge in [-0.15, -0.1) is 0 Å². The van der Waals surface area contributed by atoms with Crippen molar-refractivity contribution in [2.75, 3.05) is 0 Å². The third-order valence-electron chi connectivity index (χ3n) is 2.38. The molecule has 1 unspecified atom stereocenters. The molecule has 0 bridgehead atoms. The second-order valence-electron chi connectivity index (χ2n) is 3.48. The lowest BCUT2D eigenvalue weighted by Crippen LogP contribution is -2.11. The predicted octanol–water partition coefficient (Wildman–Crippen LogP) is 3.02. The van der Waals surface area contributed by atoms with Crippen molar-refractivity contribution >= 4 is 11.6 Å². The highest BCUT2D eigenvalue weighted by Crippen LogP contribution is 2.35. The third kappa shape index (κ3) is 2.32. The van der Waals surface area contributed by atoms with Crippen LogP contribution in [-0.2, 0) is 12.8 Å². The van der Waals surface area contributed by atoms with Crippen LogP contribution in [0.5, 0.6) is 0 Å². The number of rotatable bonds is 3. The van der Waals surface area contributed by atoms with E-state index in [2.05, 4.69) is 5.10 Å². The molecule has 0 spiro atoms. The topological polar surface area (TPSA) is 38.0 Å². The van der Waals surface area contributed by atoms with Gasteiger partial charge in [-0.1, -0.05) is 18.5 Å². The summed E-state index contributed by atoms with van der Waals surface area (Å²) in [6, 6.07) is -0.242. The minimum atomic E-state index is -4.60. The normalized spacial score (nSPS) is 14.2. The summed E-state index contributed by atoms with van der Waals surface area (Å²) >= 11 is 5.75. The Balaban J connectivity index is 3.31. The molecule has 0 aliphatic rings. The average molecular weight is 257 g/mol. The number of aliphatic hydroxyl groups excluding tert-OH is 1. The minimum Gasteiger partial charge on any atom is -0.391 e. The van der Waals surface area contributed by atoms with E-state index in [1.165, 1.54) is 0 Å². The van der Waals surface area contributed by atoms with E-state index in [4.69, 9.17) is 16.7 Å². The number of alkyl halides is 3. The van der Waals surface area contributed by atoms with Crippen LogP contribution < -0.4 is 0 Å². The molecule has 0 saturated heterocycles. The zero-order valence-corrected chi connectivity index (χ0v) is 9.60. The van der Waals surface area contributed by atoms with Crippen molar-refractivity contribution in [1.82, 2.24) is 9.78 Å². The van der Waals surface area contributed by atoms with E-state index in [0.717, 1.165) is 4.68 Å². The van der Waals surface area contributed by atoms with Crippen LogP contribution in [0.15, 0.2) is 0 Å². The zero-order chi connectivity index (χ0) is 12.5. The molecule has 1 aromatic rings. The van der Waals surface area contributed by atoms with Gasteiger partial charge in [0.1, 0.15) is 5.15 Å². The van der Waals surface area contributed by atoms with Crippen molar-refractivity contribution in [3.05, 3.63) is 16.4 Å². The van der Waals surface area contributed by atoms with Crippen LogP contribution >= 0.6 is 11.6 Å². The summed E-state index contributed by atoms with van der Waals surface area (Å²) in [6.07, 6.45) is -4.00. The van der Waals surface area contributed by atoms with Crippen LogP contribution in [0.2, 0.25) is 5.15 Å². The van der Waals surface area contributed by atoms with Gasteiger partial charge in [-0.25, -0.2) is 0 Å². The van der Waals surface area contributed by atoms with Crippen LogP contribution in [-0.4, -0.2) is 14.9 Å². The highest BCUT2D eigenvalue weighted by Gasteiger charge is 2.39. The molecular weight excluding hydrogens is 245 g/mol. The van der Waals surface area contributed by atoms with E-state index in [-0.39, 0.29) is 16.8 Å². The Labute approximate surface area is 95.8 Å². The van der Waals surface area contributed by atoms with Crippen LogP contribution in [0.25, 0.3) is 0 Å². The van der Waals surface area contributed by atoms with Gasteiger partial charge >= 0.3 is 6.18 Å². The molecule has 7 heteroatoms. The molecule has 1 aromatic heterocycles. The van der Waals surface area contributed by atoms with Gasteiger partial charge in [0, 0.05) is 5.56 Å². The van der Waals surface area contributed by atoms with E-state index in [9.17, 15) is 13.2 Å². The first-order valence-electron chi connectivity index (χ1n) is 4.77. The van der Waals surface area contributed by atoms with Crippen LogP contribution in [0.3, 0.4) is 0 Å². The Morgan fingerprint density at radius 3 is 2.38 bits per heavy atom. The maximum absolute atomic E-state index is 12.6. The summed E-state index contributed by atoms with van der Waals surface area (Å²) in [5.41, 5.74) is -1.48. The molecule has 16 heavy (non-hydrogen) atoms. The van der Waals surface area contributed by atoms with Gasteiger partial charge in [0.15, 0.2) is 5.69 Å². The number of aliphatic hydroxyl groups is 1. The van der Waals surface area contributed by atoms with Crippen molar-refractivity contribution in [1.29, 1.82) is 0 Å². The summed E-state index contributed by atoms with van der Waals surface area (Å²) in [5.74, 6) is 0. The number of hydrogen-bond acceptors (Lipinski definition) is 2. The molecule has 1 N–H and O–H groups in total. The largest absolute Gasteiger partial charge is 0.435 e. The minimum absolute atomic E-state index is 0.149. The molecule has 0 amide bonds. The number of nitrogens with zero attached hydrogens (tertiary/aromatic N) is 2. The molecule has 1 heterocycles. The highest BCUT2D eigenvalue weighted by atomic mass is 35.5. The lowest BCUT2D eigenvalue weighted by Gasteiger charge is -2.10. The Morgan fingerprint density at radius 1 is 1.50 bits per heavy atom. The predicted molar refractivity (Wildman–Crippen MR) is 53.2 cm³/mol. The van der Waals surface area contributed by atoms with Crippen LogP contribution in [0.4, 0.5) is 13.2 Å².